The second-order valence-electron chi connectivity index (χ2n) is 5.17. The maximum atomic E-state index is 11.3. The molecule has 0 heterocycles. The third-order valence-electron chi connectivity index (χ3n) is 1.74. The highest BCUT2D eigenvalue weighted by Crippen LogP contribution is 2.06. The quantitative estimate of drug-likeness (QED) is 0.655. The van der Waals surface area contributed by atoms with E-state index in [4.69, 9.17) is 10.5 Å². The first-order valence-corrected chi connectivity index (χ1v) is 5.66. The molecule has 0 saturated carbocycles. The zero-order valence-corrected chi connectivity index (χ0v) is 11.0. The number of amides is 1. The minimum atomic E-state index is -0.452. The molecule has 0 spiro atoms. The fourth-order valence-electron chi connectivity index (χ4n) is 1.01. The van der Waals surface area contributed by atoms with Crippen LogP contribution in [0, 0.1) is 0 Å². The van der Waals surface area contributed by atoms with Gasteiger partial charge >= 0.3 is 6.09 Å². The largest absolute Gasteiger partial charge is 0.444 e. The number of carbonyl (C=O) groups is 1. The maximum Gasteiger partial charge on any atom is 0.407 e. The zero-order valence-electron chi connectivity index (χ0n) is 11.0. The van der Waals surface area contributed by atoms with Gasteiger partial charge in [-0.25, -0.2) is 4.79 Å². The van der Waals surface area contributed by atoms with Crippen molar-refractivity contribution in [2.75, 3.05) is 13.1 Å². The summed E-state index contributed by atoms with van der Waals surface area (Å²) in [5.41, 5.74) is 5.15. The van der Waals surface area contributed by atoms with Crippen molar-refractivity contribution in [2.24, 2.45) is 5.73 Å². The SMILES string of the molecule is CC(N)CNC(C)CNC(=O)OC(C)(C)C. The normalized spacial score (nSPS) is 15.4. The van der Waals surface area contributed by atoms with Gasteiger partial charge in [0.15, 0.2) is 0 Å². The minimum absolute atomic E-state index is 0.115. The van der Waals surface area contributed by atoms with Crippen molar-refractivity contribution in [2.45, 2.75) is 52.3 Å². The van der Waals surface area contributed by atoms with Gasteiger partial charge in [-0.2, -0.15) is 0 Å². The predicted molar refractivity (Wildman–Crippen MR) is 65.4 cm³/mol. The molecule has 0 aliphatic heterocycles. The number of hydrogen-bond donors (Lipinski definition) is 3. The minimum Gasteiger partial charge on any atom is -0.444 e. The number of ether oxygens (including phenoxy) is 1. The van der Waals surface area contributed by atoms with Crippen molar-refractivity contribution >= 4 is 6.09 Å². The third-order valence-corrected chi connectivity index (χ3v) is 1.74. The number of carbonyl (C=O) groups excluding carboxylic acids is 1. The lowest BCUT2D eigenvalue weighted by Gasteiger charge is -2.21. The Morgan fingerprint density at radius 1 is 1.31 bits per heavy atom. The van der Waals surface area contributed by atoms with E-state index in [1.807, 2.05) is 34.6 Å². The van der Waals surface area contributed by atoms with Gasteiger partial charge in [0.1, 0.15) is 5.60 Å². The van der Waals surface area contributed by atoms with Crippen molar-refractivity contribution in [3.8, 4) is 0 Å². The van der Waals surface area contributed by atoms with Crippen molar-refractivity contribution in [1.29, 1.82) is 0 Å². The summed E-state index contributed by atoms with van der Waals surface area (Å²) < 4.78 is 5.11. The van der Waals surface area contributed by atoms with Gasteiger partial charge in [-0.1, -0.05) is 0 Å². The summed E-state index contributed by atoms with van der Waals surface area (Å²) >= 11 is 0. The van der Waals surface area contributed by atoms with Crippen LogP contribution in [0.2, 0.25) is 0 Å². The van der Waals surface area contributed by atoms with E-state index in [0.29, 0.717) is 6.54 Å². The molecule has 4 N–H and O–H groups in total. The standard InChI is InChI=1S/C11H25N3O2/c1-8(12)6-13-9(2)7-14-10(15)16-11(3,4)5/h8-9,13H,6-7,12H2,1-5H3,(H,14,15). The molecule has 2 atom stereocenters. The third kappa shape index (κ3) is 9.73. The molecule has 0 saturated heterocycles. The average Bonchev–Trinajstić information content (AvgIpc) is 2.08. The molecule has 96 valence electrons. The van der Waals surface area contributed by atoms with Crippen molar-refractivity contribution in [1.82, 2.24) is 10.6 Å². The zero-order chi connectivity index (χ0) is 12.8. The molecule has 0 bridgehead atoms. The molecule has 0 rings (SSSR count). The smallest absolute Gasteiger partial charge is 0.407 e. The van der Waals surface area contributed by atoms with E-state index >= 15 is 0 Å². The first-order chi connectivity index (χ1) is 7.20. The van der Waals surface area contributed by atoms with Crippen LogP contribution in [-0.2, 0) is 4.74 Å². The van der Waals surface area contributed by atoms with Gasteiger partial charge in [0.2, 0.25) is 0 Å². The monoisotopic (exact) mass is 231 g/mol. The molecule has 0 aliphatic rings. The van der Waals surface area contributed by atoms with Crippen LogP contribution in [0.15, 0.2) is 0 Å². The molecule has 0 radical (unpaired) electrons. The van der Waals surface area contributed by atoms with Crippen LogP contribution in [0.4, 0.5) is 4.79 Å². The van der Waals surface area contributed by atoms with Gasteiger partial charge in [-0.15, -0.1) is 0 Å². The van der Waals surface area contributed by atoms with Gasteiger partial charge in [0, 0.05) is 25.2 Å². The Morgan fingerprint density at radius 2 is 1.88 bits per heavy atom. The molecule has 0 aliphatic carbocycles. The van der Waals surface area contributed by atoms with Gasteiger partial charge in [-0.3, -0.25) is 0 Å². The molecule has 0 aromatic carbocycles. The van der Waals surface area contributed by atoms with Crippen LogP contribution in [0.1, 0.15) is 34.6 Å². The van der Waals surface area contributed by atoms with Gasteiger partial charge in [0.25, 0.3) is 0 Å². The van der Waals surface area contributed by atoms with E-state index in [0.717, 1.165) is 6.54 Å². The summed E-state index contributed by atoms with van der Waals surface area (Å²) in [5.74, 6) is 0. The van der Waals surface area contributed by atoms with Gasteiger partial charge in [-0.05, 0) is 34.6 Å². The number of rotatable bonds is 5. The lowest BCUT2D eigenvalue weighted by Crippen LogP contribution is -2.44. The molecular weight excluding hydrogens is 206 g/mol. The lowest BCUT2D eigenvalue weighted by molar-refractivity contribution is 0.0523. The number of nitrogens with one attached hydrogen (secondary N) is 2. The number of nitrogens with two attached hydrogens (primary N) is 1. The van der Waals surface area contributed by atoms with E-state index in [1.165, 1.54) is 0 Å². The van der Waals surface area contributed by atoms with Gasteiger partial charge < -0.3 is 21.1 Å². The van der Waals surface area contributed by atoms with E-state index in [1.54, 1.807) is 0 Å². The first-order valence-electron chi connectivity index (χ1n) is 5.66. The summed E-state index contributed by atoms with van der Waals surface area (Å²) in [7, 11) is 0. The second kappa shape index (κ2) is 6.70. The highest BCUT2D eigenvalue weighted by Gasteiger charge is 2.16. The number of alkyl carbamates (subject to hydrolysis) is 1. The molecule has 2 unspecified atom stereocenters. The topological polar surface area (TPSA) is 76.4 Å². The van der Waals surface area contributed by atoms with E-state index in [2.05, 4.69) is 10.6 Å². The van der Waals surface area contributed by atoms with Crippen LogP contribution in [0.5, 0.6) is 0 Å². The molecule has 16 heavy (non-hydrogen) atoms. The molecule has 5 heteroatoms. The highest BCUT2D eigenvalue weighted by molar-refractivity contribution is 5.67. The Balaban J connectivity index is 3.67. The molecule has 0 fully saturated rings. The molecule has 1 amide bonds. The second-order valence-corrected chi connectivity index (χ2v) is 5.17. The Morgan fingerprint density at radius 3 is 2.31 bits per heavy atom. The van der Waals surface area contributed by atoms with Crippen molar-refractivity contribution in [3.05, 3.63) is 0 Å². The summed E-state index contributed by atoms with van der Waals surface area (Å²) in [6.07, 6.45) is -0.387. The van der Waals surface area contributed by atoms with Crippen molar-refractivity contribution < 1.29 is 9.53 Å². The van der Waals surface area contributed by atoms with Crippen molar-refractivity contribution in [3.63, 3.8) is 0 Å². The summed E-state index contributed by atoms with van der Waals surface area (Å²) in [5, 5.41) is 5.90. The maximum absolute atomic E-state index is 11.3. The van der Waals surface area contributed by atoms with E-state index in [9.17, 15) is 4.79 Å². The van der Waals surface area contributed by atoms with E-state index in [-0.39, 0.29) is 18.2 Å². The summed E-state index contributed by atoms with van der Waals surface area (Å²) in [4.78, 5) is 11.3. The Hall–Kier alpha value is -0.810. The molecular formula is C11H25N3O2. The van der Waals surface area contributed by atoms with Crippen LogP contribution in [0.3, 0.4) is 0 Å². The van der Waals surface area contributed by atoms with Crippen LogP contribution >= 0.6 is 0 Å². The van der Waals surface area contributed by atoms with Crippen LogP contribution < -0.4 is 16.4 Å². The number of hydrogen-bond acceptors (Lipinski definition) is 4. The Labute approximate surface area is 98.1 Å². The fourth-order valence-corrected chi connectivity index (χ4v) is 1.01. The molecule has 5 nitrogen and oxygen atoms in total. The van der Waals surface area contributed by atoms with Crippen LogP contribution in [-0.4, -0.2) is 36.9 Å². The Kier molecular flexibility index (Phi) is 6.36. The molecule has 0 aromatic rings. The van der Waals surface area contributed by atoms with Gasteiger partial charge in [0.05, 0.1) is 0 Å². The fraction of sp³-hybridized carbons (Fsp3) is 0.909. The average molecular weight is 231 g/mol. The molecule has 0 aromatic heterocycles. The van der Waals surface area contributed by atoms with E-state index < -0.39 is 5.60 Å². The lowest BCUT2D eigenvalue weighted by atomic mass is 10.2. The summed E-state index contributed by atoms with van der Waals surface area (Å²) in [6.45, 7) is 10.7. The first kappa shape index (κ1) is 15.2. The highest BCUT2D eigenvalue weighted by atomic mass is 16.6. The Bertz CT molecular complexity index is 212. The van der Waals surface area contributed by atoms with Crippen LogP contribution in [0.25, 0.3) is 0 Å². The predicted octanol–water partition coefficient (Wildman–Crippen LogP) is 0.836. The summed E-state index contributed by atoms with van der Waals surface area (Å²) in [6, 6.07) is 0.294.